The molecule has 1 aromatic carbocycles. The first kappa shape index (κ1) is 29.5. The monoisotopic (exact) mass is 563 g/mol. The fourth-order valence-corrected chi connectivity index (χ4v) is 8.02. The normalized spacial score (nSPS) is 31.7. The lowest BCUT2D eigenvalue weighted by Gasteiger charge is -2.45. The number of hydrogen-bond donors (Lipinski definition) is 1. The molecule has 0 aromatic heterocycles. The van der Waals surface area contributed by atoms with Crippen LogP contribution < -0.4 is 4.90 Å². The molecule has 5 atom stereocenters. The Labute approximate surface area is 244 Å². The molecular weight excluding hydrogens is 518 g/mol. The van der Waals surface area contributed by atoms with Crippen LogP contribution in [0.25, 0.3) is 0 Å². The first-order valence-electron chi connectivity index (χ1n) is 15.0. The van der Waals surface area contributed by atoms with Crippen LogP contribution in [0.5, 0.6) is 0 Å². The standard InChI is InChI=1S/C33H45N3O5/c1-7-32-16-11-18-34(23-14-9-8-10-15-23)27(38)24(32)25-28(39)35(19-13-21-37)26-29(40)36(20-12-17-33(25,26)41-32)31(5,6)22-30(2,3)4/h8-12,14-17,24-26,37H,7,13,18-22H2,1-6H3/t24-,25-,26?,32+,33-/m0/s1. The van der Waals surface area contributed by atoms with Crippen LogP contribution in [0.1, 0.15) is 60.8 Å². The Bertz CT molecular complexity index is 1250. The van der Waals surface area contributed by atoms with Crippen LogP contribution >= 0.6 is 0 Å². The molecule has 1 aromatic rings. The summed E-state index contributed by atoms with van der Waals surface area (Å²) in [4.78, 5) is 48.8. The molecule has 0 saturated carbocycles. The molecule has 41 heavy (non-hydrogen) atoms. The number of likely N-dealkylation sites (tertiary alicyclic amines) is 1. The Balaban J connectivity index is 1.64. The summed E-state index contributed by atoms with van der Waals surface area (Å²) in [5.41, 5.74) is -2.07. The minimum atomic E-state index is -1.30. The smallest absolute Gasteiger partial charge is 0.249 e. The van der Waals surface area contributed by atoms with Gasteiger partial charge in [0.1, 0.15) is 11.6 Å². The first-order chi connectivity index (χ1) is 19.3. The van der Waals surface area contributed by atoms with Gasteiger partial charge in [0.15, 0.2) is 0 Å². The Hall–Kier alpha value is -2.97. The zero-order valence-corrected chi connectivity index (χ0v) is 25.3. The quantitative estimate of drug-likeness (QED) is 0.508. The van der Waals surface area contributed by atoms with Crippen molar-refractivity contribution in [1.29, 1.82) is 0 Å². The van der Waals surface area contributed by atoms with Crippen molar-refractivity contribution in [2.75, 3.05) is 31.1 Å². The van der Waals surface area contributed by atoms with E-state index in [0.29, 0.717) is 25.9 Å². The maximum atomic E-state index is 14.7. The summed E-state index contributed by atoms with van der Waals surface area (Å²) in [7, 11) is 0. The number of hydrogen-bond acceptors (Lipinski definition) is 5. The van der Waals surface area contributed by atoms with E-state index in [2.05, 4.69) is 34.6 Å². The van der Waals surface area contributed by atoms with Crippen LogP contribution in [0.2, 0.25) is 0 Å². The lowest BCUT2D eigenvalue weighted by atomic mass is 9.72. The predicted molar refractivity (Wildman–Crippen MR) is 158 cm³/mol. The number of carbonyl (C=O) groups excluding carboxylic acids is 3. The molecule has 0 bridgehead atoms. The van der Waals surface area contributed by atoms with Gasteiger partial charge in [0, 0.05) is 37.5 Å². The van der Waals surface area contributed by atoms with Gasteiger partial charge < -0.3 is 24.5 Å². The number of fused-ring (bicyclic) bond motifs is 2. The molecule has 222 valence electrons. The number of para-hydroxylation sites is 1. The van der Waals surface area contributed by atoms with E-state index in [1.54, 1.807) is 9.80 Å². The molecule has 4 aliphatic heterocycles. The van der Waals surface area contributed by atoms with Crippen molar-refractivity contribution >= 4 is 23.4 Å². The summed E-state index contributed by atoms with van der Waals surface area (Å²) in [6.45, 7) is 13.5. The molecule has 2 saturated heterocycles. The first-order valence-corrected chi connectivity index (χ1v) is 15.0. The van der Waals surface area contributed by atoms with Gasteiger partial charge in [-0.1, -0.05) is 70.2 Å². The van der Waals surface area contributed by atoms with Gasteiger partial charge in [0.25, 0.3) is 0 Å². The highest BCUT2D eigenvalue weighted by molar-refractivity contribution is 6.04. The molecule has 0 aliphatic carbocycles. The number of aliphatic hydroxyl groups excluding tert-OH is 1. The lowest BCUT2D eigenvalue weighted by Crippen LogP contribution is -2.60. The molecule has 3 amide bonds. The fraction of sp³-hybridized carbons (Fsp3) is 0.606. The van der Waals surface area contributed by atoms with E-state index in [-0.39, 0.29) is 36.3 Å². The maximum absolute atomic E-state index is 14.7. The van der Waals surface area contributed by atoms with E-state index in [4.69, 9.17) is 4.74 Å². The van der Waals surface area contributed by atoms with Crippen molar-refractivity contribution in [3.05, 3.63) is 54.6 Å². The second-order valence-electron chi connectivity index (χ2n) is 13.8. The minimum absolute atomic E-state index is 0.0243. The Kier molecular flexibility index (Phi) is 7.48. The van der Waals surface area contributed by atoms with Crippen LogP contribution in [0.4, 0.5) is 5.69 Å². The van der Waals surface area contributed by atoms with Crippen molar-refractivity contribution < 1.29 is 24.2 Å². The molecule has 4 aliphatic rings. The Morgan fingerprint density at radius 2 is 1.61 bits per heavy atom. The summed E-state index contributed by atoms with van der Waals surface area (Å²) in [6.07, 6.45) is 9.36. The number of aliphatic hydroxyl groups is 1. The highest BCUT2D eigenvalue weighted by Crippen LogP contribution is 2.59. The number of anilines is 1. The van der Waals surface area contributed by atoms with Gasteiger partial charge in [-0.25, -0.2) is 0 Å². The van der Waals surface area contributed by atoms with E-state index in [0.717, 1.165) is 12.1 Å². The third-order valence-corrected chi connectivity index (χ3v) is 9.26. The highest BCUT2D eigenvalue weighted by Gasteiger charge is 2.75. The largest absolute Gasteiger partial charge is 0.396 e. The zero-order valence-electron chi connectivity index (χ0n) is 25.3. The summed E-state index contributed by atoms with van der Waals surface area (Å²) >= 11 is 0. The average Bonchev–Trinajstić information content (AvgIpc) is 3.18. The van der Waals surface area contributed by atoms with Gasteiger partial charge >= 0.3 is 0 Å². The lowest BCUT2D eigenvalue weighted by molar-refractivity contribution is -0.156. The zero-order chi connectivity index (χ0) is 29.8. The van der Waals surface area contributed by atoms with Crippen LogP contribution in [-0.2, 0) is 19.1 Å². The van der Waals surface area contributed by atoms with Gasteiger partial charge in [-0.05, 0) is 50.7 Å². The molecule has 0 radical (unpaired) electrons. The molecule has 5 rings (SSSR count). The van der Waals surface area contributed by atoms with Crippen molar-refractivity contribution in [2.24, 2.45) is 17.3 Å². The minimum Gasteiger partial charge on any atom is -0.396 e. The number of nitrogens with zero attached hydrogens (tertiary/aromatic N) is 3. The highest BCUT2D eigenvalue weighted by atomic mass is 16.5. The molecule has 1 N–H and O–H groups in total. The molecular formula is C33H45N3O5. The topological polar surface area (TPSA) is 90.4 Å². The van der Waals surface area contributed by atoms with E-state index < -0.39 is 34.6 Å². The van der Waals surface area contributed by atoms with E-state index >= 15 is 0 Å². The third kappa shape index (κ3) is 4.73. The fourth-order valence-electron chi connectivity index (χ4n) is 8.02. The van der Waals surface area contributed by atoms with Crippen molar-refractivity contribution in [1.82, 2.24) is 9.80 Å². The van der Waals surface area contributed by atoms with E-state index in [9.17, 15) is 19.5 Å². The van der Waals surface area contributed by atoms with E-state index in [1.165, 1.54) is 0 Å². The van der Waals surface area contributed by atoms with Gasteiger partial charge in [-0.2, -0.15) is 0 Å². The van der Waals surface area contributed by atoms with Gasteiger partial charge in [0.05, 0.1) is 17.4 Å². The third-order valence-electron chi connectivity index (χ3n) is 9.26. The molecule has 2 fully saturated rings. The van der Waals surface area contributed by atoms with Crippen molar-refractivity contribution in [3.63, 3.8) is 0 Å². The summed E-state index contributed by atoms with van der Waals surface area (Å²) in [5.74, 6) is -2.26. The average molecular weight is 564 g/mol. The molecule has 8 heteroatoms. The number of carbonyl (C=O) groups is 3. The van der Waals surface area contributed by atoms with Crippen LogP contribution in [-0.4, -0.2) is 81.7 Å². The molecule has 8 nitrogen and oxygen atoms in total. The number of ether oxygens (including phenoxy) is 1. The SMILES string of the molecule is CC[C@@]12C=CCN(c3ccccc3)C(=O)[C@@H]1[C@H]1C(=O)N(CCCO)C3C(=O)N(C(C)(C)CC(C)(C)C)CC=C[C@@]31O2. The second kappa shape index (κ2) is 10.4. The predicted octanol–water partition coefficient (Wildman–Crippen LogP) is 3.95. The van der Waals surface area contributed by atoms with Gasteiger partial charge in [0.2, 0.25) is 17.7 Å². The Morgan fingerprint density at radius 1 is 0.927 bits per heavy atom. The van der Waals surface area contributed by atoms with Crippen LogP contribution in [0.15, 0.2) is 54.6 Å². The van der Waals surface area contributed by atoms with Gasteiger partial charge in [-0.15, -0.1) is 0 Å². The molecule has 4 heterocycles. The number of amides is 3. The summed E-state index contributed by atoms with van der Waals surface area (Å²) in [6, 6.07) is 8.56. The number of benzene rings is 1. The van der Waals surface area contributed by atoms with Crippen molar-refractivity contribution in [3.8, 4) is 0 Å². The molecule has 1 unspecified atom stereocenters. The number of rotatable bonds is 7. The van der Waals surface area contributed by atoms with E-state index in [1.807, 2.05) is 66.5 Å². The van der Waals surface area contributed by atoms with Gasteiger partial charge in [-0.3, -0.25) is 14.4 Å². The summed E-state index contributed by atoms with van der Waals surface area (Å²) < 4.78 is 7.05. The maximum Gasteiger partial charge on any atom is 0.249 e. The molecule has 1 spiro atoms. The Morgan fingerprint density at radius 3 is 2.24 bits per heavy atom. The van der Waals surface area contributed by atoms with Crippen molar-refractivity contribution in [2.45, 2.75) is 83.6 Å². The second-order valence-corrected chi connectivity index (χ2v) is 13.8. The summed E-state index contributed by atoms with van der Waals surface area (Å²) in [5, 5.41) is 9.70. The van der Waals surface area contributed by atoms with Crippen LogP contribution in [0.3, 0.4) is 0 Å². The van der Waals surface area contributed by atoms with Crippen LogP contribution in [0, 0.1) is 17.3 Å².